The zero-order valence-corrected chi connectivity index (χ0v) is 13.9. The number of aromatic nitrogens is 2. The summed E-state index contributed by atoms with van der Waals surface area (Å²) in [5.41, 5.74) is 7.27. The van der Waals surface area contributed by atoms with Crippen LogP contribution in [0, 0.1) is 6.92 Å². The molecule has 1 aromatic heterocycles. The zero-order chi connectivity index (χ0) is 16.2. The highest BCUT2D eigenvalue weighted by Gasteiger charge is 2.15. The minimum absolute atomic E-state index is 0.257. The van der Waals surface area contributed by atoms with E-state index >= 15 is 0 Å². The molecule has 0 radical (unpaired) electrons. The molecular formula is C16H20N6S. The van der Waals surface area contributed by atoms with Gasteiger partial charge >= 0.3 is 0 Å². The van der Waals surface area contributed by atoms with Gasteiger partial charge in [0, 0.05) is 30.5 Å². The van der Waals surface area contributed by atoms with Gasteiger partial charge in [-0.25, -0.2) is 9.97 Å². The second kappa shape index (κ2) is 6.78. The summed E-state index contributed by atoms with van der Waals surface area (Å²) in [5.74, 6) is 2.56. The Bertz CT molecular complexity index is 694. The SMILES string of the molecule is Cc1nc(Nc2ccc(NC(N)=S)cc2)cc(N2CCCC2)n1. The molecule has 1 saturated heterocycles. The van der Waals surface area contributed by atoms with Gasteiger partial charge in [0.15, 0.2) is 5.11 Å². The molecule has 1 aliphatic heterocycles. The van der Waals surface area contributed by atoms with Crippen molar-refractivity contribution in [1.29, 1.82) is 0 Å². The van der Waals surface area contributed by atoms with Crippen molar-refractivity contribution in [1.82, 2.24) is 9.97 Å². The molecule has 2 heterocycles. The van der Waals surface area contributed by atoms with Crippen LogP contribution in [0.25, 0.3) is 0 Å². The average Bonchev–Trinajstić information content (AvgIpc) is 3.02. The molecule has 0 spiro atoms. The van der Waals surface area contributed by atoms with Crippen LogP contribution in [0.4, 0.5) is 23.0 Å². The van der Waals surface area contributed by atoms with E-state index in [1.54, 1.807) is 0 Å². The molecule has 120 valence electrons. The molecule has 0 amide bonds. The molecule has 1 fully saturated rings. The number of rotatable bonds is 4. The van der Waals surface area contributed by atoms with Gasteiger partial charge in [0.05, 0.1) is 0 Å². The highest BCUT2D eigenvalue weighted by atomic mass is 32.1. The van der Waals surface area contributed by atoms with E-state index < -0.39 is 0 Å². The third-order valence-electron chi connectivity index (χ3n) is 3.68. The van der Waals surface area contributed by atoms with Crippen LogP contribution in [0.15, 0.2) is 30.3 Å². The fraction of sp³-hybridized carbons (Fsp3) is 0.312. The Morgan fingerprint density at radius 1 is 1.13 bits per heavy atom. The summed E-state index contributed by atoms with van der Waals surface area (Å²) in [6.07, 6.45) is 2.45. The van der Waals surface area contributed by atoms with E-state index in [1.807, 2.05) is 37.3 Å². The third kappa shape index (κ3) is 4.07. The summed E-state index contributed by atoms with van der Waals surface area (Å²) in [6, 6.07) is 9.73. The highest BCUT2D eigenvalue weighted by Crippen LogP contribution is 2.23. The molecular weight excluding hydrogens is 308 g/mol. The minimum Gasteiger partial charge on any atom is -0.376 e. The van der Waals surface area contributed by atoms with Crippen molar-refractivity contribution in [3.8, 4) is 0 Å². The number of thiocarbonyl (C=S) groups is 1. The number of hydrogen-bond donors (Lipinski definition) is 3. The van der Waals surface area contributed by atoms with Gasteiger partial charge in [0.2, 0.25) is 0 Å². The van der Waals surface area contributed by atoms with E-state index in [4.69, 9.17) is 18.0 Å². The minimum atomic E-state index is 0.257. The number of nitrogens with zero attached hydrogens (tertiary/aromatic N) is 3. The second-order valence-electron chi connectivity index (χ2n) is 5.54. The molecule has 0 unspecified atom stereocenters. The van der Waals surface area contributed by atoms with E-state index in [-0.39, 0.29) is 5.11 Å². The maximum Gasteiger partial charge on any atom is 0.168 e. The Morgan fingerprint density at radius 2 is 1.78 bits per heavy atom. The molecule has 0 atom stereocenters. The van der Waals surface area contributed by atoms with Gasteiger partial charge in [-0.05, 0) is 56.2 Å². The lowest BCUT2D eigenvalue weighted by atomic mass is 10.3. The summed E-state index contributed by atoms with van der Waals surface area (Å²) in [4.78, 5) is 11.3. The van der Waals surface area contributed by atoms with Crippen molar-refractivity contribution in [3.05, 3.63) is 36.2 Å². The van der Waals surface area contributed by atoms with Gasteiger partial charge in [-0.15, -0.1) is 0 Å². The van der Waals surface area contributed by atoms with Crippen molar-refractivity contribution in [2.24, 2.45) is 5.73 Å². The Labute approximate surface area is 141 Å². The molecule has 7 heteroatoms. The highest BCUT2D eigenvalue weighted by molar-refractivity contribution is 7.80. The van der Waals surface area contributed by atoms with Gasteiger partial charge in [0.25, 0.3) is 0 Å². The van der Waals surface area contributed by atoms with Gasteiger partial charge in [-0.3, -0.25) is 0 Å². The van der Waals surface area contributed by atoms with Crippen molar-refractivity contribution in [3.63, 3.8) is 0 Å². The summed E-state index contributed by atoms with van der Waals surface area (Å²) in [7, 11) is 0. The maximum atomic E-state index is 5.46. The largest absolute Gasteiger partial charge is 0.376 e. The van der Waals surface area contributed by atoms with Gasteiger partial charge in [-0.1, -0.05) is 0 Å². The van der Waals surface area contributed by atoms with E-state index in [0.717, 1.165) is 41.9 Å². The van der Waals surface area contributed by atoms with Crippen LogP contribution < -0.4 is 21.3 Å². The second-order valence-corrected chi connectivity index (χ2v) is 5.98. The quantitative estimate of drug-likeness (QED) is 0.745. The topological polar surface area (TPSA) is 79.1 Å². The first-order chi connectivity index (χ1) is 11.1. The zero-order valence-electron chi connectivity index (χ0n) is 13.0. The van der Waals surface area contributed by atoms with Gasteiger partial charge in [-0.2, -0.15) is 0 Å². The van der Waals surface area contributed by atoms with Crippen molar-refractivity contribution < 1.29 is 0 Å². The third-order valence-corrected chi connectivity index (χ3v) is 3.78. The van der Waals surface area contributed by atoms with Crippen LogP contribution in [0.3, 0.4) is 0 Å². The summed E-state index contributed by atoms with van der Waals surface area (Å²) in [6.45, 7) is 4.05. The van der Waals surface area contributed by atoms with Crippen LogP contribution in [0.5, 0.6) is 0 Å². The van der Waals surface area contributed by atoms with E-state index in [1.165, 1.54) is 12.8 Å². The predicted molar refractivity (Wildman–Crippen MR) is 98.3 cm³/mol. The number of aryl methyl sites for hydroxylation is 1. The van der Waals surface area contributed by atoms with E-state index in [2.05, 4.69) is 25.5 Å². The molecule has 6 nitrogen and oxygen atoms in total. The van der Waals surface area contributed by atoms with Crippen molar-refractivity contribution in [2.45, 2.75) is 19.8 Å². The maximum absolute atomic E-state index is 5.46. The van der Waals surface area contributed by atoms with Crippen LogP contribution in [0.1, 0.15) is 18.7 Å². The first-order valence-corrected chi connectivity index (χ1v) is 8.05. The Balaban J connectivity index is 1.75. The lowest BCUT2D eigenvalue weighted by Gasteiger charge is -2.18. The number of anilines is 4. The fourth-order valence-corrected chi connectivity index (χ4v) is 2.77. The van der Waals surface area contributed by atoms with Gasteiger partial charge < -0.3 is 21.3 Å². The van der Waals surface area contributed by atoms with E-state index in [9.17, 15) is 0 Å². The molecule has 0 bridgehead atoms. The number of hydrogen-bond acceptors (Lipinski definition) is 5. The molecule has 2 aromatic rings. The summed E-state index contributed by atoms with van der Waals surface area (Å²) < 4.78 is 0. The van der Waals surface area contributed by atoms with Crippen LogP contribution >= 0.6 is 12.2 Å². The smallest absolute Gasteiger partial charge is 0.168 e. The average molecular weight is 328 g/mol. The monoisotopic (exact) mass is 328 g/mol. The summed E-state index contributed by atoms with van der Waals surface area (Å²) in [5, 5.41) is 6.48. The predicted octanol–water partition coefficient (Wildman–Crippen LogP) is 2.78. The lowest BCUT2D eigenvalue weighted by molar-refractivity contribution is 0.912. The van der Waals surface area contributed by atoms with Crippen LogP contribution in [-0.4, -0.2) is 28.2 Å². The first kappa shape index (κ1) is 15.5. The number of benzene rings is 1. The number of nitrogens with two attached hydrogens (primary N) is 1. The molecule has 1 aromatic carbocycles. The Hall–Kier alpha value is -2.41. The van der Waals surface area contributed by atoms with Crippen molar-refractivity contribution >= 4 is 40.3 Å². The molecule has 0 saturated carbocycles. The fourth-order valence-electron chi connectivity index (χ4n) is 2.65. The van der Waals surface area contributed by atoms with E-state index in [0.29, 0.717) is 0 Å². The van der Waals surface area contributed by atoms with Gasteiger partial charge in [0.1, 0.15) is 17.5 Å². The lowest BCUT2D eigenvalue weighted by Crippen LogP contribution is -2.19. The molecule has 4 N–H and O–H groups in total. The standard InChI is InChI=1S/C16H20N6S/c1-11-18-14(10-15(19-11)22-8-2-3-9-22)20-12-4-6-13(7-5-12)21-16(17)23/h4-7,10H,2-3,8-9H2,1H3,(H3,17,21,23)(H,18,19,20). The van der Waals surface area contributed by atoms with Crippen LogP contribution in [0.2, 0.25) is 0 Å². The number of nitrogens with one attached hydrogen (secondary N) is 2. The Kier molecular flexibility index (Phi) is 4.57. The van der Waals surface area contributed by atoms with Crippen LogP contribution in [-0.2, 0) is 0 Å². The molecule has 1 aliphatic rings. The summed E-state index contributed by atoms with van der Waals surface area (Å²) >= 11 is 4.83. The molecule has 3 rings (SSSR count). The normalized spacial score (nSPS) is 13.9. The molecule has 0 aliphatic carbocycles. The Morgan fingerprint density at radius 3 is 2.43 bits per heavy atom. The first-order valence-electron chi connectivity index (χ1n) is 7.64. The molecule has 23 heavy (non-hydrogen) atoms. The van der Waals surface area contributed by atoms with Crippen molar-refractivity contribution in [2.75, 3.05) is 28.6 Å².